The van der Waals surface area contributed by atoms with Gasteiger partial charge in [0.2, 0.25) is 0 Å². The highest BCUT2D eigenvalue weighted by molar-refractivity contribution is 5.67. The zero-order valence-corrected chi connectivity index (χ0v) is 9.25. The third-order valence-corrected chi connectivity index (χ3v) is 2.61. The molecule has 0 saturated heterocycles. The minimum Gasteiger partial charge on any atom is -0.0622 e. The minimum absolute atomic E-state index is 1.03. The lowest BCUT2D eigenvalue weighted by Crippen LogP contribution is -1.89. The second-order valence-corrected chi connectivity index (χ2v) is 3.75. The Kier molecular flexibility index (Phi) is 2.86. The van der Waals surface area contributed by atoms with Crippen LogP contribution in [0.1, 0.15) is 18.1 Å². The van der Waals surface area contributed by atoms with E-state index >= 15 is 0 Å². The molecule has 0 amide bonds. The summed E-state index contributed by atoms with van der Waals surface area (Å²) in [6.45, 7) is 4.27. The summed E-state index contributed by atoms with van der Waals surface area (Å²) in [5, 5.41) is 0. The summed E-state index contributed by atoms with van der Waals surface area (Å²) < 4.78 is 0. The van der Waals surface area contributed by atoms with E-state index in [2.05, 4.69) is 56.3 Å². The standard InChI is InChI=1S/C15H15/c1-3-13-11-12(2)9-10-15(13)14-7-5-4-6-8-14/h4-10H,3H2,1-2H3. The molecule has 1 radical (unpaired) electrons. The zero-order chi connectivity index (χ0) is 10.7. The van der Waals surface area contributed by atoms with Gasteiger partial charge < -0.3 is 0 Å². The van der Waals surface area contributed by atoms with Gasteiger partial charge in [-0.2, -0.15) is 0 Å². The Labute approximate surface area is 91.6 Å². The molecule has 0 fully saturated rings. The molecular formula is C15H15. The first-order valence-corrected chi connectivity index (χ1v) is 5.38. The zero-order valence-electron chi connectivity index (χ0n) is 9.25. The highest BCUT2D eigenvalue weighted by Crippen LogP contribution is 2.24. The first kappa shape index (κ1) is 9.97. The SMILES string of the molecule is CCc1[c]c(C)ccc1-c1ccccc1. The average molecular weight is 195 g/mol. The van der Waals surface area contributed by atoms with Gasteiger partial charge in [-0.15, -0.1) is 0 Å². The summed E-state index contributed by atoms with van der Waals surface area (Å²) in [4.78, 5) is 0. The van der Waals surface area contributed by atoms with E-state index in [9.17, 15) is 0 Å². The molecule has 0 heterocycles. The molecule has 0 bridgehead atoms. The fraction of sp³-hybridized carbons (Fsp3) is 0.200. The summed E-state index contributed by atoms with van der Waals surface area (Å²) in [5.41, 5.74) is 5.11. The molecular weight excluding hydrogens is 180 g/mol. The maximum Gasteiger partial charge on any atom is -0.0111 e. The molecule has 0 aromatic heterocycles. The molecule has 0 nitrogen and oxygen atoms in total. The monoisotopic (exact) mass is 195 g/mol. The summed E-state index contributed by atoms with van der Waals surface area (Å²) in [6.07, 6.45) is 1.03. The van der Waals surface area contributed by atoms with Crippen LogP contribution in [-0.4, -0.2) is 0 Å². The predicted molar refractivity (Wildman–Crippen MR) is 64.8 cm³/mol. The van der Waals surface area contributed by atoms with Gasteiger partial charge in [0.25, 0.3) is 0 Å². The second kappa shape index (κ2) is 4.31. The van der Waals surface area contributed by atoms with Crippen molar-refractivity contribution in [1.82, 2.24) is 0 Å². The summed E-state index contributed by atoms with van der Waals surface area (Å²) in [6, 6.07) is 18.3. The van der Waals surface area contributed by atoms with E-state index < -0.39 is 0 Å². The highest BCUT2D eigenvalue weighted by Gasteiger charge is 2.03. The molecule has 75 valence electrons. The van der Waals surface area contributed by atoms with Crippen LogP contribution in [-0.2, 0) is 6.42 Å². The van der Waals surface area contributed by atoms with Gasteiger partial charge in [-0.1, -0.05) is 49.4 Å². The van der Waals surface area contributed by atoms with Crippen LogP contribution in [0.5, 0.6) is 0 Å². The average Bonchev–Trinajstić information content (AvgIpc) is 2.30. The first-order valence-electron chi connectivity index (χ1n) is 5.38. The van der Waals surface area contributed by atoms with Crippen LogP contribution >= 0.6 is 0 Å². The van der Waals surface area contributed by atoms with E-state index in [0.29, 0.717) is 0 Å². The number of hydrogen-bond acceptors (Lipinski definition) is 0. The Balaban J connectivity index is 2.53. The molecule has 0 spiro atoms. The van der Waals surface area contributed by atoms with Crippen molar-refractivity contribution in [2.45, 2.75) is 20.3 Å². The predicted octanol–water partition coefficient (Wildman–Crippen LogP) is 4.02. The van der Waals surface area contributed by atoms with Crippen molar-refractivity contribution < 1.29 is 0 Å². The Bertz CT molecular complexity index is 441. The molecule has 0 heteroatoms. The van der Waals surface area contributed by atoms with E-state index in [1.54, 1.807) is 0 Å². The van der Waals surface area contributed by atoms with Gasteiger partial charge in [0, 0.05) is 0 Å². The van der Waals surface area contributed by atoms with Gasteiger partial charge in [-0.25, -0.2) is 0 Å². The molecule has 2 rings (SSSR count). The summed E-state index contributed by atoms with van der Waals surface area (Å²) in [7, 11) is 0. The molecule has 0 N–H and O–H groups in total. The first-order chi connectivity index (χ1) is 7.31. The van der Waals surface area contributed by atoms with Gasteiger partial charge in [0.05, 0.1) is 0 Å². The van der Waals surface area contributed by atoms with E-state index in [0.717, 1.165) is 6.42 Å². The minimum atomic E-state index is 1.03. The normalized spacial score (nSPS) is 10.3. The van der Waals surface area contributed by atoms with Gasteiger partial charge in [0.1, 0.15) is 0 Å². The fourth-order valence-corrected chi connectivity index (χ4v) is 1.82. The van der Waals surface area contributed by atoms with Crippen LogP contribution in [0, 0.1) is 13.0 Å². The van der Waals surface area contributed by atoms with Crippen LogP contribution in [0.2, 0.25) is 0 Å². The summed E-state index contributed by atoms with van der Waals surface area (Å²) in [5.74, 6) is 0. The van der Waals surface area contributed by atoms with Crippen molar-refractivity contribution in [1.29, 1.82) is 0 Å². The van der Waals surface area contributed by atoms with Crippen molar-refractivity contribution in [2.24, 2.45) is 0 Å². The van der Waals surface area contributed by atoms with Crippen LogP contribution in [0.3, 0.4) is 0 Å². The molecule has 0 saturated carbocycles. The van der Waals surface area contributed by atoms with Crippen LogP contribution in [0.15, 0.2) is 42.5 Å². The largest absolute Gasteiger partial charge is 0.0622 e. The lowest BCUT2D eigenvalue weighted by molar-refractivity contribution is 1.13. The van der Waals surface area contributed by atoms with Crippen LogP contribution in [0.4, 0.5) is 0 Å². The van der Waals surface area contributed by atoms with Gasteiger partial charge >= 0.3 is 0 Å². The lowest BCUT2D eigenvalue weighted by Gasteiger charge is -2.08. The molecule has 0 aliphatic carbocycles. The lowest BCUT2D eigenvalue weighted by atomic mass is 9.96. The van der Waals surface area contributed by atoms with E-state index in [1.807, 2.05) is 6.07 Å². The Morgan fingerprint density at radius 2 is 1.73 bits per heavy atom. The molecule has 0 aliphatic rings. The molecule has 2 aromatic carbocycles. The van der Waals surface area contributed by atoms with Crippen molar-refractivity contribution in [2.75, 3.05) is 0 Å². The maximum absolute atomic E-state index is 3.42. The number of hydrogen-bond donors (Lipinski definition) is 0. The van der Waals surface area contributed by atoms with E-state index in [-0.39, 0.29) is 0 Å². The van der Waals surface area contributed by atoms with Crippen molar-refractivity contribution >= 4 is 0 Å². The molecule has 15 heavy (non-hydrogen) atoms. The molecule has 0 unspecified atom stereocenters. The quantitative estimate of drug-likeness (QED) is 0.678. The Morgan fingerprint density at radius 3 is 2.40 bits per heavy atom. The number of aryl methyl sites for hydroxylation is 2. The summed E-state index contributed by atoms with van der Waals surface area (Å²) >= 11 is 0. The third-order valence-electron chi connectivity index (χ3n) is 2.61. The highest BCUT2D eigenvalue weighted by atomic mass is 14.1. The van der Waals surface area contributed by atoms with Crippen LogP contribution in [0.25, 0.3) is 11.1 Å². The Hall–Kier alpha value is -1.56. The number of benzene rings is 2. The molecule has 0 atom stereocenters. The van der Waals surface area contributed by atoms with E-state index in [1.165, 1.54) is 22.3 Å². The topological polar surface area (TPSA) is 0 Å². The molecule has 0 aliphatic heterocycles. The van der Waals surface area contributed by atoms with Crippen molar-refractivity contribution in [3.8, 4) is 11.1 Å². The Morgan fingerprint density at radius 1 is 1.00 bits per heavy atom. The fourth-order valence-electron chi connectivity index (χ4n) is 1.82. The van der Waals surface area contributed by atoms with Gasteiger partial charge in [-0.3, -0.25) is 0 Å². The van der Waals surface area contributed by atoms with Crippen molar-refractivity contribution in [3.05, 3.63) is 59.7 Å². The maximum atomic E-state index is 3.42. The number of rotatable bonds is 2. The second-order valence-electron chi connectivity index (χ2n) is 3.75. The van der Waals surface area contributed by atoms with Gasteiger partial charge in [-0.05, 0) is 41.7 Å². The third kappa shape index (κ3) is 2.10. The smallest absolute Gasteiger partial charge is 0.0111 e. The van der Waals surface area contributed by atoms with Crippen LogP contribution < -0.4 is 0 Å². The van der Waals surface area contributed by atoms with Crippen molar-refractivity contribution in [3.63, 3.8) is 0 Å². The molecule has 2 aromatic rings. The van der Waals surface area contributed by atoms with E-state index in [4.69, 9.17) is 0 Å². The van der Waals surface area contributed by atoms with Gasteiger partial charge in [0.15, 0.2) is 0 Å².